The SMILES string of the molecule is Cc1cccc(N2C(=O)NC(=O)/C(=C\c3ccccc3O[C@H](C)C(=O)O)C2=O)c1. The summed E-state index contributed by atoms with van der Waals surface area (Å²) in [5.74, 6) is -2.60. The highest BCUT2D eigenvalue weighted by molar-refractivity contribution is 6.39. The second kappa shape index (κ2) is 7.97. The molecule has 0 unspecified atom stereocenters. The van der Waals surface area contributed by atoms with E-state index in [1.165, 1.54) is 19.1 Å². The molecule has 8 nitrogen and oxygen atoms in total. The zero-order valence-corrected chi connectivity index (χ0v) is 15.7. The summed E-state index contributed by atoms with van der Waals surface area (Å²) < 4.78 is 5.40. The lowest BCUT2D eigenvalue weighted by Gasteiger charge is -2.26. The van der Waals surface area contributed by atoms with Crippen molar-refractivity contribution in [2.24, 2.45) is 0 Å². The quantitative estimate of drug-likeness (QED) is 0.595. The molecule has 3 rings (SSSR count). The summed E-state index contributed by atoms with van der Waals surface area (Å²) in [5.41, 5.74) is 1.23. The topological polar surface area (TPSA) is 113 Å². The Morgan fingerprint density at radius 2 is 1.86 bits per heavy atom. The van der Waals surface area contributed by atoms with Gasteiger partial charge in [-0.3, -0.25) is 14.9 Å². The lowest BCUT2D eigenvalue weighted by Crippen LogP contribution is -2.54. The predicted molar refractivity (Wildman–Crippen MR) is 104 cm³/mol. The van der Waals surface area contributed by atoms with Gasteiger partial charge < -0.3 is 9.84 Å². The van der Waals surface area contributed by atoms with Gasteiger partial charge >= 0.3 is 12.0 Å². The summed E-state index contributed by atoms with van der Waals surface area (Å²) in [6, 6.07) is 12.3. The van der Waals surface area contributed by atoms with Crippen LogP contribution in [0.1, 0.15) is 18.1 Å². The Balaban J connectivity index is 2.01. The van der Waals surface area contributed by atoms with Gasteiger partial charge in [-0.25, -0.2) is 14.5 Å². The highest BCUT2D eigenvalue weighted by atomic mass is 16.5. The van der Waals surface area contributed by atoms with E-state index < -0.39 is 29.9 Å². The Morgan fingerprint density at radius 3 is 2.55 bits per heavy atom. The normalized spacial score (nSPS) is 16.6. The van der Waals surface area contributed by atoms with Crippen LogP contribution in [-0.4, -0.2) is 35.0 Å². The number of aliphatic carboxylic acids is 1. The molecule has 0 radical (unpaired) electrons. The van der Waals surface area contributed by atoms with Crippen LogP contribution in [0.4, 0.5) is 10.5 Å². The molecule has 8 heteroatoms. The van der Waals surface area contributed by atoms with E-state index in [1.807, 2.05) is 13.0 Å². The maximum absolute atomic E-state index is 12.9. The first-order valence-corrected chi connectivity index (χ1v) is 8.74. The van der Waals surface area contributed by atoms with Gasteiger partial charge in [0.1, 0.15) is 11.3 Å². The number of urea groups is 1. The van der Waals surface area contributed by atoms with Gasteiger partial charge in [0, 0.05) is 5.56 Å². The lowest BCUT2D eigenvalue weighted by atomic mass is 10.1. The van der Waals surface area contributed by atoms with Crippen molar-refractivity contribution in [3.05, 3.63) is 65.2 Å². The van der Waals surface area contributed by atoms with E-state index in [4.69, 9.17) is 9.84 Å². The van der Waals surface area contributed by atoms with Crippen LogP contribution >= 0.6 is 0 Å². The molecule has 1 fully saturated rings. The number of carbonyl (C=O) groups excluding carboxylic acids is 3. The van der Waals surface area contributed by atoms with Crippen LogP contribution in [-0.2, 0) is 14.4 Å². The zero-order chi connectivity index (χ0) is 21.1. The number of rotatable bonds is 5. The van der Waals surface area contributed by atoms with Gasteiger partial charge in [0.15, 0.2) is 6.10 Å². The molecular weight excluding hydrogens is 376 g/mol. The number of aryl methyl sites for hydroxylation is 1. The molecule has 1 heterocycles. The highest BCUT2D eigenvalue weighted by Crippen LogP contribution is 2.26. The molecule has 2 aromatic carbocycles. The fourth-order valence-electron chi connectivity index (χ4n) is 2.76. The number of amides is 4. The number of hydrogen-bond donors (Lipinski definition) is 2. The van der Waals surface area contributed by atoms with Crippen LogP contribution in [0.15, 0.2) is 54.1 Å². The Bertz CT molecular complexity index is 1040. The van der Waals surface area contributed by atoms with Crippen molar-refractivity contribution in [1.82, 2.24) is 5.32 Å². The molecule has 1 atom stereocenters. The fourth-order valence-corrected chi connectivity index (χ4v) is 2.76. The first kappa shape index (κ1) is 19.8. The van der Waals surface area contributed by atoms with Crippen LogP contribution < -0.4 is 15.0 Å². The minimum absolute atomic E-state index is 0.189. The van der Waals surface area contributed by atoms with Crippen LogP contribution in [0.3, 0.4) is 0 Å². The van der Waals surface area contributed by atoms with E-state index >= 15 is 0 Å². The molecule has 0 bridgehead atoms. The number of para-hydroxylation sites is 1. The molecule has 0 spiro atoms. The summed E-state index contributed by atoms with van der Waals surface area (Å²) in [4.78, 5) is 49.5. The number of anilines is 1. The summed E-state index contributed by atoms with van der Waals surface area (Å²) in [6.45, 7) is 3.18. The third-order valence-corrected chi connectivity index (χ3v) is 4.23. The average molecular weight is 394 g/mol. The van der Waals surface area contributed by atoms with Crippen molar-refractivity contribution < 1.29 is 29.0 Å². The number of barbiturate groups is 1. The number of imide groups is 2. The molecule has 148 valence electrons. The van der Waals surface area contributed by atoms with E-state index in [-0.39, 0.29) is 11.3 Å². The molecule has 0 aliphatic carbocycles. The second-order valence-corrected chi connectivity index (χ2v) is 6.43. The number of carboxylic acid groups (broad SMARTS) is 1. The second-order valence-electron chi connectivity index (χ2n) is 6.43. The maximum Gasteiger partial charge on any atom is 0.344 e. The number of nitrogens with one attached hydrogen (secondary N) is 1. The Hall–Kier alpha value is -3.94. The van der Waals surface area contributed by atoms with Gasteiger partial charge in [-0.15, -0.1) is 0 Å². The van der Waals surface area contributed by atoms with Gasteiger partial charge in [-0.1, -0.05) is 30.3 Å². The molecular formula is C21H18N2O6. The Labute approximate surface area is 166 Å². The molecule has 0 saturated carbocycles. The smallest absolute Gasteiger partial charge is 0.344 e. The molecule has 29 heavy (non-hydrogen) atoms. The van der Waals surface area contributed by atoms with Crippen LogP contribution in [0.5, 0.6) is 5.75 Å². The van der Waals surface area contributed by atoms with Crippen molar-refractivity contribution >= 4 is 35.6 Å². The van der Waals surface area contributed by atoms with Crippen LogP contribution in [0, 0.1) is 6.92 Å². The molecule has 2 N–H and O–H groups in total. The molecule has 4 amide bonds. The molecule has 0 aromatic heterocycles. The summed E-state index contributed by atoms with van der Waals surface area (Å²) in [7, 11) is 0. The summed E-state index contributed by atoms with van der Waals surface area (Å²) >= 11 is 0. The van der Waals surface area contributed by atoms with Crippen LogP contribution in [0.2, 0.25) is 0 Å². The van der Waals surface area contributed by atoms with Gasteiger partial charge in [0.25, 0.3) is 11.8 Å². The average Bonchev–Trinajstić information content (AvgIpc) is 2.66. The van der Waals surface area contributed by atoms with Crippen LogP contribution in [0.25, 0.3) is 6.08 Å². The number of hydrogen-bond acceptors (Lipinski definition) is 5. The predicted octanol–water partition coefficient (Wildman–Crippen LogP) is 2.51. The van der Waals surface area contributed by atoms with Crippen molar-refractivity contribution in [2.75, 3.05) is 4.90 Å². The zero-order valence-electron chi connectivity index (χ0n) is 15.7. The summed E-state index contributed by atoms with van der Waals surface area (Å²) in [5, 5.41) is 11.2. The number of carboxylic acids is 1. The van der Waals surface area contributed by atoms with Crippen molar-refractivity contribution in [3.63, 3.8) is 0 Å². The van der Waals surface area contributed by atoms with Crippen molar-refractivity contribution in [1.29, 1.82) is 0 Å². The third kappa shape index (κ3) is 4.16. The molecule has 1 saturated heterocycles. The van der Waals surface area contributed by atoms with Gasteiger partial charge in [0.05, 0.1) is 5.69 Å². The fraction of sp³-hybridized carbons (Fsp3) is 0.143. The van der Waals surface area contributed by atoms with E-state index in [9.17, 15) is 19.2 Å². The van der Waals surface area contributed by atoms with E-state index in [1.54, 1.807) is 36.4 Å². The number of benzene rings is 2. The van der Waals surface area contributed by atoms with E-state index in [0.717, 1.165) is 10.5 Å². The Morgan fingerprint density at radius 1 is 1.14 bits per heavy atom. The molecule has 1 aliphatic heterocycles. The van der Waals surface area contributed by atoms with Crippen molar-refractivity contribution in [3.8, 4) is 5.75 Å². The van der Waals surface area contributed by atoms with E-state index in [2.05, 4.69) is 5.32 Å². The monoisotopic (exact) mass is 394 g/mol. The first-order chi connectivity index (χ1) is 13.8. The maximum atomic E-state index is 12.9. The third-order valence-electron chi connectivity index (χ3n) is 4.23. The standard InChI is InChI=1S/C21H18N2O6/c1-12-6-5-8-15(10-12)23-19(25)16(18(24)22-21(23)28)11-14-7-3-4-9-17(14)29-13(2)20(26)27/h3-11,13H,1-2H3,(H,26,27)(H,22,24,28)/b16-11+/t13-/m1/s1. The van der Waals surface area contributed by atoms with Crippen molar-refractivity contribution in [2.45, 2.75) is 20.0 Å². The first-order valence-electron chi connectivity index (χ1n) is 8.74. The highest BCUT2D eigenvalue weighted by Gasteiger charge is 2.37. The summed E-state index contributed by atoms with van der Waals surface area (Å²) in [6.07, 6.45) is 0.146. The molecule has 1 aliphatic rings. The van der Waals surface area contributed by atoms with E-state index in [0.29, 0.717) is 11.3 Å². The Kier molecular flexibility index (Phi) is 5.45. The van der Waals surface area contributed by atoms with Gasteiger partial charge in [-0.05, 0) is 43.7 Å². The van der Waals surface area contributed by atoms with Gasteiger partial charge in [-0.2, -0.15) is 0 Å². The molecule has 2 aromatic rings. The minimum atomic E-state index is -1.16. The number of nitrogens with zero attached hydrogens (tertiary/aromatic N) is 1. The number of ether oxygens (including phenoxy) is 1. The largest absolute Gasteiger partial charge is 0.479 e. The minimum Gasteiger partial charge on any atom is -0.479 e. The number of carbonyl (C=O) groups is 4. The lowest BCUT2D eigenvalue weighted by molar-refractivity contribution is -0.144. The van der Waals surface area contributed by atoms with Gasteiger partial charge in [0.2, 0.25) is 0 Å².